The van der Waals surface area contributed by atoms with Crippen molar-refractivity contribution < 1.29 is 29.0 Å². The lowest BCUT2D eigenvalue weighted by Crippen LogP contribution is -2.58. The summed E-state index contributed by atoms with van der Waals surface area (Å²) in [5.74, 6) is -2.18. The van der Waals surface area contributed by atoms with E-state index in [0.717, 1.165) is 32.1 Å². The Labute approximate surface area is 221 Å². The summed E-state index contributed by atoms with van der Waals surface area (Å²) >= 11 is 0. The van der Waals surface area contributed by atoms with E-state index < -0.39 is 35.0 Å². The first kappa shape index (κ1) is 27.8. The fourth-order valence-corrected chi connectivity index (χ4v) is 7.51. The van der Waals surface area contributed by atoms with Gasteiger partial charge in [0.1, 0.15) is 24.2 Å². The molecule has 3 aliphatic heterocycles. The highest BCUT2D eigenvalue weighted by molar-refractivity contribution is 5.98. The van der Waals surface area contributed by atoms with Gasteiger partial charge in [-0.25, -0.2) is 0 Å². The van der Waals surface area contributed by atoms with Crippen LogP contribution in [0.1, 0.15) is 77.6 Å². The molecule has 8 nitrogen and oxygen atoms in total. The molecular weight excluding hydrogens is 472 g/mol. The fraction of sp³-hybridized carbons (Fsp3) is 0.759. The van der Waals surface area contributed by atoms with Crippen molar-refractivity contribution in [1.82, 2.24) is 9.80 Å². The van der Waals surface area contributed by atoms with Gasteiger partial charge in [-0.3, -0.25) is 14.4 Å². The topological polar surface area (TPSA) is 96.4 Å². The molecule has 2 amide bonds. The Hall–Kier alpha value is -2.19. The maximum absolute atomic E-state index is 14.5. The number of hydrogen-bond donors (Lipinski definition) is 1. The molecule has 1 N–H and O–H groups in total. The molecule has 1 saturated carbocycles. The number of amides is 2. The second kappa shape index (κ2) is 11.7. The van der Waals surface area contributed by atoms with E-state index in [1.54, 1.807) is 11.0 Å². The number of nitrogens with zero attached hydrogens (tertiary/aromatic N) is 2. The minimum absolute atomic E-state index is 0.0745. The first-order chi connectivity index (χ1) is 17.9. The Balaban J connectivity index is 1.72. The molecule has 0 aromatic heterocycles. The number of likely N-dealkylation sites (tertiary alicyclic amines) is 1. The highest BCUT2D eigenvalue weighted by Crippen LogP contribution is 2.64. The number of fused-ring (bicyclic) bond motifs is 1. The van der Waals surface area contributed by atoms with E-state index in [-0.39, 0.29) is 31.1 Å². The van der Waals surface area contributed by atoms with Crippen LogP contribution in [0.3, 0.4) is 0 Å². The van der Waals surface area contributed by atoms with E-state index in [2.05, 4.69) is 13.2 Å². The summed E-state index contributed by atoms with van der Waals surface area (Å²) in [5.41, 5.74) is -1.83. The van der Waals surface area contributed by atoms with Crippen LogP contribution in [0.4, 0.5) is 0 Å². The van der Waals surface area contributed by atoms with Gasteiger partial charge < -0.3 is 24.4 Å². The maximum Gasteiger partial charge on any atom is 0.313 e. The van der Waals surface area contributed by atoms with E-state index in [9.17, 15) is 19.5 Å². The monoisotopic (exact) mass is 516 g/mol. The van der Waals surface area contributed by atoms with Gasteiger partial charge in [-0.05, 0) is 51.4 Å². The van der Waals surface area contributed by atoms with Crippen molar-refractivity contribution in [2.75, 3.05) is 26.3 Å². The molecule has 0 radical (unpaired) electrons. The van der Waals surface area contributed by atoms with Crippen LogP contribution in [-0.4, -0.2) is 82.3 Å². The van der Waals surface area contributed by atoms with Crippen molar-refractivity contribution in [3.63, 3.8) is 0 Å². The molecule has 4 fully saturated rings. The molecule has 4 aliphatic rings. The van der Waals surface area contributed by atoms with E-state index >= 15 is 0 Å². The maximum atomic E-state index is 14.5. The van der Waals surface area contributed by atoms with Crippen LogP contribution in [0, 0.1) is 11.8 Å². The quantitative estimate of drug-likeness (QED) is 0.229. The minimum atomic E-state index is -1.03. The van der Waals surface area contributed by atoms with Crippen LogP contribution in [-0.2, 0) is 23.9 Å². The number of ether oxygens (including phenoxy) is 2. The Morgan fingerprint density at radius 2 is 1.92 bits per heavy atom. The first-order valence-electron chi connectivity index (χ1n) is 14.2. The SMILES string of the molecule is C=CCOC(=O)[C@@H]1[C@H]2C(=O)N(CCCCCO)C(C(=O)N(CC=C)C3CCCCC3)C23CC[C@@]1(CC)O3. The van der Waals surface area contributed by atoms with E-state index in [4.69, 9.17) is 9.47 Å². The Morgan fingerprint density at radius 1 is 1.16 bits per heavy atom. The molecule has 206 valence electrons. The van der Waals surface area contributed by atoms with Crippen molar-refractivity contribution in [1.29, 1.82) is 0 Å². The molecule has 8 heteroatoms. The highest BCUT2D eigenvalue weighted by atomic mass is 16.6. The highest BCUT2D eigenvalue weighted by Gasteiger charge is 2.79. The molecule has 2 unspecified atom stereocenters. The minimum Gasteiger partial charge on any atom is -0.461 e. The van der Waals surface area contributed by atoms with Gasteiger partial charge in [0.2, 0.25) is 11.8 Å². The second-order valence-corrected chi connectivity index (χ2v) is 11.1. The normalized spacial score (nSPS) is 32.9. The largest absolute Gasteiger partial charge is 0.461 e. The van der Waals surface area contributed by atoms with Crippen molar-refractivity contribution >= 4 is 17.8 Å². The zero-order valence-electron chi connectivity index (χ0n) is 22.4. The lowest BCUT2D eigenvalue weighted by Gasteiger charge is -2.41. The Kier molecular flexibility index (Phi) is 8.79. The third-order valence-corrected chi connectivity index (χ3v) is 9.19. The number of aliphatic hydroxyl groups is 1. The number of unbranched alkanes of at least 4 members (excludes halogenated alkanes) is 2. The predicted molar refractivity (Wildman–Crippen MR) is 139 cm³/mol. The summed E-state index contributed by atoms with van der Waals surface area (Å²) in [6.45, 7) is 10.5. The van der Waals surface area contributed by atoms with Crippen LogP contribution in [0.5, 0.6) is 0 Å². The van der Waals surface area contributed by atoms with Crippen molar-refractivity contribution in [2.45, 2.75) is 101 Å². The van der Waals surface area contributed by atoms with Gasteiger partial charge in [0, 0.05) is 25.7 Å². The van der Waals surface area contributed by atoms with E-state index in [1.165, 1.54) is 12.5 Å². The average molecular weight is 517 g/mol. The lowest BCUT2D eigenvalue weighted by atomic mass is 9.65. The summed E-state index contributed by atoms with van der Waals surface area (Å²) in [7, 11) is 0. The fourth-order valence-electron chi connectivity index (χ4n) is 7.51. The smallest absolute Gasteiger partial charge is 0.313 e. The zero-order valence-corrected chi connectivity index (χ0v) is 22.4. The number of carbonyl (C=O) groups is 3. The standard InChI is InChI=1S/C29H44N2O6/c1-4-17-30(21-13-9-7-10-14-21)26(34)24-29-16-15-28(6-3,37-29)23(27(35)36-20-5-2)22(29)25(33)31(24)18-11-8-12-19-32/h4-5,21-24,32H,1-2,6-20H2,3H3/t22-,23-,24?,28+,29?/m0/s1. The first-order valence-corrected chi connectivity index (χ1v) is 14.2. The Bertz CT molecular complexity index is 886. The van der Waals surface area contributed by atoms with E-state index in [0.29, 0.717) is 45.2 Å². The number of esters is 1. The molecule has 1 spiro atoms. The number of aliphatic hydroxyl groups excluding tert-OH is 1. The molecule has 4 rings (SSSR count). The van der Waals surface area contributed by atoms with Crippen LogP contribution < -0.4 is 0 Å². The van der Waals surface area contributed by atoms with Gasteiger partial charge in [-0.15, -0.1) is 6.58 Å². The summed E-state index contributed by atoms with van der Waals surface area (Å²) in [6, 6.07) is -0.653. The molecule has 1 aliphatic carbocycles. The molecule has 3 saturated heterocycles. The summed E-state index contributed by atoms with van der Waals surface area (Å²) < 4.78 is 12.3. The Morgan fingerprint density at radius 3 is 2.57 bits per heavy atom. The summed E-state index contributed by atoms with van der Waals surface area (Å²) in [5, 5.41) is 9.24. The van der Waals surface area contributed by atoms with Crippen molar-refractivity contribution in [3.05, 3.63) is 25.3 Å². The van der Waals surface area contributed by atoms with Gasteiger partial charge in [0.05, 0.1) is 11.5 Å². The van der Waals surface area contributed by atoms with Gasteiger partial charge in [-0.1, -0.05) is 44.9 Å². The summed E-state index contributed by atoms with van der Waals surface area (Å²) in [6.07, 6.45) is 12.4. The van der Waals surface area contributed by atoms with Crippen LogP contribution in [0.2, 0.25) is 0 Å². The molecule has 5 atom stereocenters. The second-order valence-electron chi connectivity index (χ2n) is 11.1. The molecule has 37 heavy (non-hydrogen) atoms. The molecular formula is C29H44N2O6. The summed E-state index contributed by atoms with van der Waals surface area (Å²) in [4.78, 5) is 45.6. The molecule has 0 aromatic rings. The molecule has 0 aromatic carbocycles. The number of rotatable bonds is 13. The van der Waals surface area contributed by atoms with Crippen molar-refractivity contribution in [2.24, 2.45) is 11.8 Å². The van der Waals surface area contributed by atoms with Crippen LogP contribution in [0.15, 0.2) is 25.3 Å². The molecule has 3 heterocycles. The van der Waals surface area contributed by atoms with Crippen molar-refractivity contribution in [3.8, 4) is 0 Å². The average Bonchev–Trinajstić information content (AvgIpc) is 3.52. The number of carbonyl (C=O) groups excluding carboxylic acids is 3. The van der Waals surface area contributed by atoms with Gasteiger partial charge in [0.25, 0.3) is 0 Å². The number of hydrogen-bond acceptors (Lipinski definition) is 6. The van der Waals surface area contributed by atoms with Gasteiger partial charge in [0.15, 0.2) is 0 Å². The lowest BCUT2D eigenvalue weighted by molar-refractivity contribution is -0.161. The third kappa shape index (κ3) is 4.76. The molecule has 2 bridgehead atoms. The van der Waals surface area contributed by atoms with Gasteiger partial charge >= 0.3 is 5.97 Å². The van der Waals surface area contributed by atoms with Gasteiger partial charge in [-0.2, -0.15) is 0 Å². The van der Waals surface area contributed by atoms with E-state index in [1.807, 2.05) is 11.8 Å². The van der Waals surface area contributed by atoms with Crippen LogP contribution >= 0.6 is 0 Å². The zero-order chi connectivity index (χ0) is 26.6. The predicted octanol–water partition coefficient (Wildman–Crippen LogP) is 3.38. The third-order valence-electron chi connectivity index (χ3n) is 9.19. The van der Waals surface area contributed by atoms with Crippen LogP contribution in [0.25, 0.3) is 0 Å².